The van der Waals surface area contributed by atoms with Gasteiger partial charge in [-0.15, -0.1) is 10.2 Å². The molecule has 3 aromatic heterocycles. The van der Waals surface area contributed by atoms with Crippen LogP contribution in [-0.2, 0) is 0 Å². The first kappa shape index (κ1) is 24.3. The number of rotatable bonds is 9. The van der Waals surface area contributed by atoms with E-state index < -0.39 is 11.6 Å². The molecule has 4 rings (SSSR count). The first-order valence-corrected chi connectivity index (χ1v) is 11.5. The Kier molecular flexibility index (Phi) is 7.39. The average Bonchev–Trinajstić information content (AvgIpc) is 3.30. The Morgan fingerprint density at radius 1 is 0.914 bits per heavy atom. The minimum Gasteiger partial charge on any atom is -0.481 e. The highest BCUT2D eigenvalue weighted by Gasteiger charge is 2.24. The molecule has 0 saturated heterocycles. The van der Waals surface area contributed by atoms with E-state index in [2.05, 4.69) is 29.9 Å². The molecule has 0 amide bonds. The lowest BCUT2D eigenvalue weighted by atomic mass is 10.1. The van der Waals surface area contributed by atoms with Gasteiger partial charge in [0.2, 0.25) is 17.7 Å². The molecule has 35 heavy (non-hydrogen) atoms. The maximum Gasteiger partial charge on any atom is 0.239 e. The number of nitrogens with zero attached hydrogens (tertiary/aromatic N) is 6. The Morgan fingerprint density at radius 2 is 1.63 bits per heavy atom. The predicted molar refractivity (Wildman–Crippen MR) is 129 cm³/mol. The van der Waals surface area contributed by atoms with E-state index in [0.717, 1.165) is 5.69 Å². The normalized spacial score (nSPS) is 12.7. The molecular weight excluding hydrogens is 476 g/mol. The molecule has 0 aliphatic rings. The summed E-state index contributed by atoms with van der Waals surface area (Å²) in [6.45, 7) is 3.99. The number of hydrogen-bond acceptors (Lipinski definition) is 9. The van der Waals surface area contributed by atoms with Gasteiger partial charge in [-0.3, -0.25) is 14.3 Å². The summed E-state index contributed by atoms with van der Waals surface area (Å²) in [7, 11) is 3.01. The predicted octanol–water partition coefficient (Wildman–Crippen LogP) is 4.67. The zero-order chi connectivity index (χ0) is 24.9. The van der Waals surface area contributed by atoms with Gasteiger partial charge in [0.25, 0.3) is 0 Å². The monoisotopic (exact) mass is 499 g/mol. The van der Waals surface area contributed by atoms with Crippen LogP contribution >= 0.6 is 11.9 Å². The van der Waals surface area contributed by atoms with Crippen LogP contribution in [0, 0.1) is 11.6 Å². The summed E-state index contributed by atoms with van der Waals surface area (Å²) < 4.78 is 44.3. The molecule has 12 heteroatoms. The third-order valence-corrected chi connectivity index (χ3v) is 6.43. The fourth-order valence-corrected chi connectivity index (χ4v) is 4.01. The molecule has 0 spiro atoms. The third kappa shape index (κ3) is 5.16. The summed E-state index contributed by atoms with van der Waals surface area (Å²) >= 11 is 1.32. The van der Waals surface area contributed by atoms with Gasteiger partial charge in [-0.2, -0.15) is 0 Å². The minimum absolute atomic E-state index is 0.00741. The van der Waals surface area contributed by atoms with Crippen LogP contribution in [0.5, 0.6) is 11.8 Å². The molecule has 4 aromatic rings. The Bertz CT molecular complexity index is 1280. The molecule has 1 N–H and O–H groups in total. The van der Waals surface area contributed by atoms with Crippen molar-refractivity contribution in [3.05, 3.63) is 66.1 Å². The molecule has 0 radical (unpaired) electrons. The zero-order valence-electron chi connectivity index (χ0n) is 19.4. The SMILES string of the molecule is COc1cnc(C(C)C(C)SNc2nnc(-c3cccc(OC)n3)n2-c2c(F)cccc2F)cn1. The topological polar surface area (TPSA) is 99.9 Å². The number of aromatic nitrogens is 6. The van der Waals surface area contributed by atoms with Crippen molar-refractivity contribution in [2.45, 2.75) is 25.0 Å². The van der Waals surface area contributed by atoms with Gasteiger partial charge >= 0.3 is 0 Å². The van der Waals surface area contributed by atoms with Gasteiger partial charge in [-0.05, 0) is 30.1 Å². The molecule has 0 aliphatic carbocycles. The number of methoxy groups -OCH3 is 2. The van der Waals surface area contributed by atoms with Crippen molar-refractivity contribution in [3.63, 3.8) is 0 Å². The van der Waals surface area contributed by atoms with Gasteiger partial charge < -0.3 is 9.47 Å². The maximum atomic E-state index is 14.8. The van der Waals surface area contributed by atoms with Crippen molar-refractivity contribution in [2.24, 2.45) is 0 Å². The second kappa shape index (κ2) is 10.6. The van der Waals surface area contributed by atoms with Crippen LogP contribution in [0.25, 0.3) is 17.2 Å². The average molecular weight is 500 g/mol. The Labute approximate surface area is 205 Å². The van der Waals surface area contributed by atoms with E-state index in [4.69, 9.17) is 9.47 Å². The summed E-state index contributed by atoms with van der Waals surface area (Å²) in [6, 6.07) is 8.67. The van der Waals surface area contributed by atoms with Crippen LogP contribution in [0.15, 0.2) is 48.8 Å². The van der Waals surface area contributed by atoms with E-state index in [1.165, 1.54) is 48.9 Å². The summed E-state index contributed by atoms with van der Waals surface area (Å²) in [5.74, 6) is -0.492. The van der Waals surface area contributed by atoms with Gasteiger partial charge in [0.1, 0.15) is 23.0 Å². The number of halogens is 2. The molecule has 2 atom stereocenters. The van der Waals surface area contributed by atoms with Gasteiger partial charge in [0, 0.05) is 17.2 Å². The molecule has 0 fully saturated rings. The minimum atomic E-state index is -0.767. The largest absolute Gasteiger partial charge is 0.481 e. The van der Waals surface area contributed by atoms with Crippen molar-refractivity contribution >= 4 is 17.9 Å². The molecule has 3 heterocycles. The number of benzene rings is 1. The fraction of sp³-hybridized carbons (Fsp3) is 0.261. The Hall–Kier alpha value is -3.80. The first-order chi connectivity index (χ1) is 16.9. The van der Waals surface area contributed by atoms with Crippen LogP contribution in [0.2, 0.25) is 0 Å². The maximum absolute atomic E-state index is 14.8. The Balaban J connectivity index is 1.66. The van der Waals surface area contributed by atoms with Gasteiger partial charge in [-0.1, -0.05) is 26.0 Å². The zero-order valence-corrected chi connectivity index (χ0v) is 20.3. The number of ether oxygens (including phenoxy) is 2. The first-order valence-electron chi connectivity index (χ1n) is 10.6. The quantitative estimate of drug-likeness (QED) is 0.329. The lowest BCUT2D eigenvalue weighted by molar-refractivity contribution is 0.394. The summed E-state index contributed by atoms with van der Waals surface area (Å²) in [6.07, 6.45) is 3.21. The highest BCUT2D eigenvalue weighted by molar-refractivity contribution is 8.01. The molecular formula is C23H23F2N7O2S. The summed E-state index contributed by atoms with van der Waals surface area (Å²) in [5.41, 5.74) is 0.796. The molecule has 0 saturated carbocycles. The second-order valence-corrected chi connectivity index (χ2v) is 8.70. The van der Waals surface area contributed by atoms with Crippen LogP contribution in [0.3, 0.4) is 0 Å². The Morgan fingerprint density at radius 3 is 2.29 bits per heavy atom. The summed E-state index contributed by atoms with van der Waals surface area (Å²) in [4.78, 5) is 12.9. The van der Waals surface area contributed by atoms with E-state index in [-0.39, 0.29) is 28.6 Å². The number of para-hydroxylation sites is 1. The lowest BCUT2D eigenvalue weighted by Gasteiger charge is -2.19. The van der Waals surface area contributed by atoms with E-state index in [1.54, 1.807) is 30.6 Å². The molecule has 182 valence electrons. The van der Waals surface area contributed by atoms with Gasteiger partial charge in [0.15, 0.2) is 5.82 Å². The lowest BCUT2D eigenvalue weighted by Crippen LogP contribution is -2.14. The fourth-order valence-electron chi connectivity index (χ4n) is 3.24. The number of anilines is 1. The van der Waals surface area contributed by atoms with Crippen molar-refractivity contribution < 1.29 is 18.3 Å². The molecule has 1 aromatic carbocycles. The van der Waals surface area contributed by atoms with Crippen LogP contribution < -0.4 is 14.2 Å². The second-order valence-electron chi connectivity index (χ2n) is 7.52. The smallest absolute Gasteiger partial charge is 0.239 e. The molecule has 2 unspecified atom stereocenters. The van der Waals surface area contributed by atoms with Crippen LogP contribution in [0.4, 0.5) is 14.7 Å². The number of nitrogens with one attached hydrogen (secondary N) is 1. The number of pyridine rings is 1. The van der Waals surface area contributed by atoms with E-state index in [9.17, 15) is 8.78 Å². The highest BCUT2D eigenvalue weighted by Crippen LogP contribution is 2.32. The van der Waals surface area contributed by atoms with E-state index in [1.807, 2.05) is 13.8 Å². The van der Waals surface area contributed by atoms with E-state index in [0.29, 0.717) is 17.5 Å². The number of hydrogen-bond donors (Lipinski definition) is 1. The van der Waals surface area contributed by atoms with Gasteiger partial charge in [0.05, 0.1) is 32.3 Å². The van der Waals surface area contributed by atoms with Crippen molar-refractivity contribution in [3.8, 4) is 29.0 Å². The van der Waals surface area contributed by atoms with Gasteiger partial charge in [-0.25, -0.2) is 18.7 Å². The molecule has 0 bridgehead atoms. The molecule has 9 nitrogen and oxygen atoms in total. The highest BCUT2D eigenvalue weighted by atomic mass is 32.2. The van der Waals surface area contributed by atoms with Crippen LogP contribution in [-0.4, -0.2) is 49.2 Å². The van der Waals surface area contributed by atoms with E-state index >= 15 is 0 Å². The van der Waals surface area contributed by atoms with Crippen molar-refractivity contribution in [2.75, 3.05) is 18.9 Å². The van der Waals surface area contributed by atoms with Crippen molar-refractivity contribution in [1.82, 2.24) is 29.7 Å². The molecule has 0 aliphatic heterocycles. The third-order valence-electron chi connectivity index (χ3n) is 5.35. The van der Waals surface area contributed by atoms with Crippen molar-refractivity contribution in [1.29, 1.82) is 0 Å². The standard InChI is InChI=1S/C23H23F2N7O2S/c1-13(18-11-27-20(34-4)12-26-18)14(2)35-31-23-30-29-22(17-9-6-10-19(28-17)33-3)32(23)21-15(24)7-5-8-16(21)25/h5-14H,1-4H3,(H,30,31). The summed E-state index contributed by atoms with van der Waals surface area (Å²) in [5, 5.41) is 8.30. The van der Waals surface area contributed by atoms with Crippen LogP contribution in [0.1, 0.15) is 25.5 Å².